The highest BCUT2D eigenvalue weighted by atomic mass is 35.5. The van der Waals surface area contributed by atoms with Crippen molar-refractivity contribution in [2.45, 2.75) is 26.0 Å². The van der Waals surface area contributed by atoms with Crippen LogP contribution in [0.1, 0.15) is 33.0 Å². The van der Waals surface area contributed by atoms with Crippen LogP contribution in [0.2, 0.25) is 5.15 Å². The fraction of sp³-hybridized carbons (Fsp3) is 0.133. The summed E-state index contributed by atoms with van der Waals surface area (Å²) in [5, 5.41) is 17.6. The number of rotatable bonds is 10. The maximum Gasteiger partial charge on any atom is 0.326 e. The topological polar surface area (TPSA) is 106 Å². The van der Waals surface area contributed by atoms with E-state index in [2.05, 4.69) is 15.4 Å². The van der Waals surface area contributed by atoms with Crippen LogP contribution in [-0.2, 0) is 17.8 Å². The second kappa shape index (κ2) is 11.4. The molecule has 0 saturated carbocycles. The standard InChI is InChI=1S/C30H25ClN4O4/c1-19-26-15-16-27(31)34-35(26)28(32-19)18-39-22-13-11-20(12-14-22)17-25(30(37)38)33-24-10-6-5-9-23(24)29(36)21-7-3-2-4-8-21/h2-16,25,33H,17-18H2,1H3,(H,37,38). The van der Waals surface area contributed by atoms with Gasteiger partial charge in [0.25, 0.3) is 0 Å². The van der Waals surface area contributed by atoms with Crippen molar-refractivity contribution in [1.29, 1.82) is 0 Å². The SMILES string of the molecule is Cc1nc(COc2ccc(CC(Nc3ccccc3C(=O)c3ccccc3)C(=O)O)cc2)n2nc(Cl)ccc12. The predicted octanol–water partition coefficient (Wildman–Crippen LogP) is 5.61. The Balaban J connectivity index is 1.27. The molecule has 0 saturated heterocycles. The Morgan fingerprint density at radius 3 is 2.44 bits per heavy atom. The quantitative estimate of drug-likeness (QED) is 0.222. The molecule has 5 aromatic rings. The van der Waals surface area contributed by atoms with Gasteiger partial charge in [0, 0.05) is 23.2 Å². The molecule has 0 aliphatic carbocycles. The lowest BCUT2D eigenvalue weighted by atomic mass is 10.00. The second-order valence-electron chi connectivity index (χ2n) is 8.98. The number of fused-ring (bicyclic) bond motifs is 1. The average Bonchev–Trinajstić information content (AvgIpc) is 3.26. The van der Waals surface area contributed by atoms with Crippen LogP contribution in [0.3, 0.4) is 0 Å². The summed E-state index contributed by atoms with van der Waals surface area (Å²) in [4.78, 5) is 29.7. The van der Waals surface area contributed by atoms with Crippen LogP contribution >= 0.6 is 11.6 Å². The van der Waals surface area contributed by atoms with E-state index in [0.717, 1.165) is 16.8 Å². The molecule has 1 unspecified atom stereocenters. The Morgan fingerprint density at radius 2 is 1.69 bits per heavy atom. The molecule has 0 aliphatic heterocycles. The summed E-state index contributed by atoms with van der Waals surface area (Å²) in [5.74, 6) is 0.0222. The number of ether oxygens (including phenoxy) is 1. The first kappa shape index (κ1) is 25.9. The maximum absolute atomic E-state index is 13.1. The highest BCUT2D eigenvalue weighted by molar-refractivity contribution is 6.29. The number of benzene rings is 3. The molecule has 196 valence electrons. The van der Waals surface area contributed by atoms with E-state index in [9.17, 15) is 14.7 Å². The van der Waals surface area contributed by atoms with Gasteiger partial charge in [-0.15, -0.1) is 0 Å². The van der Waals surface area contributed by atoms with E-state index < -0.39 is 12.0 Å². The number of carboxylic acids is 1. The number of nitrogens with zero attached hydrogens (tertiary/aromatic N) is 3. The number of carbonyl (C=O) groups is 2. The number of carbonyl (C=O) groups excluding carboxylic acids is 1. The molecule has 39 heavy (non-hydrogen) atoms. The number of para-hydroxylation sites is 1. The molecule has 0 amide bonds. The first-order chi connectivity index (χ1) is 18.9. The number of anilines is 1. The number of aromatic nitrogens is 3. The van der Waals surface area contributed by atoms with Gasteiger partial charge in [0.2, 0.25) is 0 Å². The molecule has 2 aromatic heterocycles. The summed E-state index contributed by atoms with van der Waals surface area (Å²) in [6.45, 7) is 2.08. The van der Waals surface area contributed by atoms with Crippen molar-refractivity contribution in [3.8, 4) is 5.75 Å². The molecule has 0 spiro atoms. The maximum atomic E-state index is 13.1. The summed E-state index contributed by atoms with van der Waals surface area (Å²) < 4.78 is 7.57. The first-order valence-electron chi connectivity index (χ1n) is 12.3. The lowest BCUT2D eigenvalue weighted by molar-refractivity contribution is -0.137. The van der Waals surface area contributed by atoms with Crippen molar-refractivity contribution in [2.24, 2.45) is 0 Å². The Bertz CT molecular complexity index is 1630. The van der Waals surface area contributed by atoms with Crippen molar-refractivity contribution < 1.29 is 19.4 Å². The summed E-state index contributed by atoms with van der Waals surface area (Å²) in [6, 6.07) is 25.7. The minimum atomic E-state index is -1.02. The first-order valence-corrected chi connectivity index (χ1v) is 12.7. The highest BCUT2D eigenvalue weighted by Crippen LogP contribution is 2.22. The number of nitrogens with one attached hydrogen (secondary N) is 1. The smallest absolute Gasteiger partial charge is 0.326 e. The van der Waals surface area contributed by atoms with Crippen LogP contribution < -0.4 is 10.1 Å². The van der Waals surface area contributed by atoms with E-state index in [-0.39, 0.29) is 18.8 Å². The Morgan fingerprint density at radius 1 is 0.974 bits per heavy atom. The van der Waals surface area contributed by atoms with Gasteiger partial charge in [0.1, 0.15) is 23.6 Å². The van der Waals surface area contributed by atoms with Crippen molar-refractivity contribution >= 4 is 34.6 Å². The number of aliphatic carboxylic acids is 1. The lowest BCUT2D eigenvalue weighted by Gasteiger charge is -2.18. The Kier molecular flexibility index (Phi) is 7.56. The molecular weight excluding hydrogens is 516 g/mol. The molecule has 2 heterocycles. The monoisotopic (exact) mass is 540 g/mol. The van der Waals surface area contributed by atoms with E-state index in [1.54, 1.807) is 71.2 Å². The minimum Gasteiger partial charge on any atom is -0.486 e. The van der Waals surface area contributed by atoms with Crippen LogP contribution in [0.4, 0.5) is 5.69 Å². The Hall–Kier alpha value is -4.69. The third kappa shape index (κ3) is 5.91. The largest absolute Gasteiger partial charge is 0.486 e. The summed E-state index contributed by atoms with van der Waals surface area (Å²) in [6.07, 6.45) is 0.204. The molecule has 0 radical (unpaired) electrons. The van der Waals surface area contributed by atoms with Gasteiger partial charge in [-0.25, -0.2) is 14.3 Å². The zero-order valence-electron chi connectivity index (χ0n) is 21.0. The number of carboxylic acid groups (broad SMARTS) is 1. The van der Waals surface area contributed by atoms with Crippen molar-refractivity contribution in [2.75, 3.05) is 5.32 Å². The zero-order valence-corrected chi connectivity index (χ0v) is 21.8. The third-order valence-electron chi connectivity index (χ3n) is 6.28. The normalized spacial score (nSPS) is 11.7. The Labute approximate surface area is 229 Å². The number of ketones is 1. The van der Waals surface area contributed by atoms with E-state index in [1.807, 2.05) is 31.2 Å². The van der Waals surface area contributed by atoms with Gasteiger partial charge >= 0.3 is 5.97 Å². The van der Waals surface area contributed by atoms with Crippen LogP contribution in [0, 0.1) is 6.92 Å². The number of hydrogen-bond acceptors (Lipinski definition) is 6. The van der Waals surface area contributed by atoms with Crippen molar-refractivity contribution in [3.05, 3.63) is 124 Å². The van der Waals surface area contributed by atoms with Crippen molar-refractivity contribution in [3.63, 3.8) is 0 Å². The minimum absolute atomic E-state index is 0.178. The van der Waals surface area contributed by atoms with Crippen molar-refractivity contribution in [1.82, 2.24) is 14.6 Å². The molecular formula is C30H25ClN4O4. The number of hydrogen-bond donors (Lipinski definition) is 2. The van der Waals surface area contributed by atoms with Crippen LogP contribution in [0.15, 0.2) is 91.0 Å². The summed E-state index contributed by atoms with van der Waals surface area (Å²) in [5.41, 5.74) is 3.89. The van der Waals surface area contributed by atoms with Gasteiger partial charge in [0.15, 0.2) is 11.6 Å². The van der Waals surface area contributed by atoms with E-state index in [0.29, 0.717) is 33.5 Å². The van der Waals surface area contributed by atoms with Crippen LogP contribution in [0.5, 0.6) is 5.75 Å². The van der Waals surface area contributed by atoms with E-state index in [1.165, 1.54) is 0 Å². The molecule has 8 nitrogen and oxygen atoms in total. The summed E-state index contributed by atoms with van der Waals surface area (Å²) in [7, 11) is 0. The fourth-order valence-corrected chi connectivity index (χ4v) is 4.45. The third-order valence-corrected chi connectivity index (χ3v) is 6.48. The number of halogens is 1. The van der Waals surface area contributed by atoms with Gasteiger partial charge in [0.05, 0.1) is 11.2 Å². The molecule has 3 aromatic carbocycles. The van der Waals surface area contributed by atoms with Gasteiger partial charge < -0.3 is 15.2 Å². The molecule has 0 fully saturated rings. The number of aryl methyl sites for hydroxylation is 1. The van der Waals surface area contributed by atoms with Crippen LogP contribution in [-0.4, -0.2) is 37.5 Å². The molecule has 0 aliphatic rings. The number of imidazole rings is 1. The van der Waals surface area contributed by atoms with Gasteiger partial charge in [-0.2, -0.15) is 5.10 Å². The average molecular weight is 541 g/mol. The van der Waals surface area contributed by atoms with Crippen LogP contribution in [0.25, 0.3) is 5.52 Å². The highest BCUT2D eigenvalue weighted by Gasteiger charge is 2.21. The molecule has 9 heteroatoms. The molecule has 2 N–H and O–H groups in total. The zero-order chi connectivity index (χ0) is 27.4. The van der Waals surface area contributed by atoms with E-state index in [4.69, 9.17) is 16.3 Å². The summed E-state index contributed by atoms with van der Waals surface area (Å²) >= 11 is 6.04. The second-order valence-corrected chi connectivity index (χ2v) is 9.37. The lowest BCUT2D eigenvalue weighted by Crippen LogP contribution is -2.32. The predicted molar refractivity (Wildman–Crippen MR) is 149 cm³/mol. The van der Waals surface area contributed by atoms with Gasteiger partial charge in [-0.1, -0.05) is 66.2 Å². The van der Waals surface area contributed by atoms with Gasteiger partial charge in [-0.05, 0) is 48.9 Å². The fourth-order valence-electron chi connectivity index (χ4n) is 4.31. The van der Waals surface area contributed by atoms with E-state index >= 15 is 0 Å². The molecule has 0 bridgehead atoms. The molecule has 1 atom stereocenters. The molecule has 5 rings (SSSR count). The van der Waals surface area contributed by atoms with Gasteiger partial charge in [-0.3, -0.25) is 4.79 Å².